The molecule has 0 aliphatic carbocycles. The third kappa shape index (κ3) is 5.76. The van der Waals surface area contributed by atoms with E-state index in [0.717, 1.165) is 29.5 Å². The zero-order valence-corrected chi connectivity index (χ0v) is 17.0. The standard InChI is InChI=1S/C24H24BF3O3/c26-21-10-4-18(5-11-21)24(19-6-12-22(27)13-7-19,20-8-14-23(28)15-9-20)16-2-1-3-17-31-25(29)30/h4-15,29-30H,1-3,16-17H2. The molecule has 0 aromatic heterocycles. The molecule has 0 amide bonds. The topological polar surface area (TPSA) is 49.7 Å². The summed E-state index contributed by atoms with van der Waals surface area (Å²) in [6.45, 7) is 0.203. The monoisotopic (exact) mass is 428 g/mol. The third-order valence-corrected chi connectivity index (χ3v) is 5.47. The highest BCUT2D eigenvalue weighted by atomic mass is 19.1. The lowest BCUT2D eigenvalue weighted by Crippen LogP contribution is -2.29. The van der Waals surface area contributed by atoms with Crippen LogP contribution in [0.4, 0.5) is 13.2 Å². The number of hydrogen-bond acceptors (Lipinski definition) is 3. The fourth-order valence-corrected chi connectivity index (χ4v) is 3.99. The van der Waals surface area contributed by atoms with Gasteiger partial charge in [-0.3, -0.25) is 0 Å². The largest absolute Gasteiger partial charge is 0.633 e. The highest BCUT2D eigenvalue weighted by Gasteiger charge is 2.36. The molecule has 3 aromatic rings. The lowest BCUT2D eigenvalue weighted by atomic mass is 9.66. The van der Waals surface area contributed by atoms with Crippen LogP contribution in [0.2, 0.25) is 0 Å². The molecule has 0 bridgehead atoms. The lowest BCUT2D eigenvalue weighted by Gasteiger charge is -2.36. The summed E-state index contributed by atoms with van der Waals surface area (Å²) < 4.78 is 45.8. The Morgan fingerprint density at radius 1 is 0.613 bits per heavy atom. The average molecular weight is 428 g/mol. The molecule has 0 spiro atoms. The van der Waals surface area contributed by atoms with Crippen molar-refractivity contribution in [2.45, 2.75) is 31.1 Å². The van der Waals surface area contributed by atoms with Crippen LogP contribution < -0.4 is 0 Å². The first-order valence-corrected chi connectivity index (χ1v) is 10.2. The summed E-state index contributed by atoms with van der Waals surface area (Å²) in [6, 6.07) is 18.5. The second-order valence-corrected chi connectivity index (χ2v) is 7.43. The summed E-state index contributed by atoms with van der Waals surface area (Å²) in [4.78, 5) is 0. The highest BCUT2D eigenvalue weighted by Crippen LogP contribution is 2.43. The predicted molar refractivity (Wildman–Crippen MR) is 114 cm³/mol. The molecule has 7 heteroatoms. The Hall–Kier alpha value is -2.61. The van der Waals surface area contributed by atoms with E-state index in [1.54, 1.807) is 36.4 Å². The first-order valence-electron chi connectivity index (χ1n) is 10.2. The molecule has 0 aliphatic heterocycles. The minimum absolute atomic E-state index is 0.203. The van der Waals surface area contributed by atoms with E-state index in [1.165, 1.54) is 36.4 Å². The van der Waals surface area contributed by atoms with Crippen LogP contribution in [0.15, 0.2) is 72.8 Å². The fraction of sp³-hybridized carbons (Fsp3) is 0.250. The molecule has 162 valence electrons. The molecule has 0 unspecified atom stereocenters. The van der Waals surface area contributed by atoms with Crippen molar-refractivity contribution in [1.29, 1.82) is 0 Å². The zero-order valence-electron chi connectivity index (χ0n) is 17.0. The van der Waals surface area contributed by atoms with Crippen LogP contribution in [0.1, 0.15) is 42.4 Å². The number of unbranched alkanes of at least 4 members (excludes halogenated alkanes) is 2. The Balaban J connectivity index is 2.01. The first kappa shape index (κ1) is 23.1. The van der Waals surface area contributed by atoms with Crippen LogP contribution in [0.25, 0.3) is 0 Å². The molecule has 0 atom stereocenters. The van der Waals surface area contributed by atoms with Gasteiger partial charge < -0.3 is 14.7 Å². The van der Waals surface area contributed by atoms with Gasteiger partial charge in [0.25, 0.3) is 0 Å². The number of hydrogen-bond donors (Lipinski definition) is 2. The molecule has 31 heavy (non-hydrogen) atoms. The van der Waals surface area contributed by atoms with Crippen molar-refractivity contribution in [1.82, 2.24) is 0 Å². The lowest BCUT2D eigenvalue weighted by molar-refractivity contribution is 0.181. The van der Waals surface area contributed by atoms with Crippen molar-refractivity contribution in [3.05, 3.63) is 107 Å². The van der Waals surface area contributed by atoms with Crippen molar-refractivity contribution in [2.24, 2.45) is 0 Å². The molecule has 2 N–H and O–H groups in total. The summed E-state index contributed by atoms with van der Waals surface area (Å²) in [6.07, 6.45) is 2.66. The molecule has 3 rings (SSSR count). The van der Waals surface area contributed by atoms with E-state index in [0.29, 0.717) is 12.8 Å². The van der Waals surface area contributed by atoms with Gasteiger partial charge in [0.2, 0.25) is 0 Å². The van der Waals surface area contributed by atoms with Crippen molar-refractivity contribution in [2.75, 3.05) is 6.61 Å². The van der Waals surface area contributed by atoms with E-state index in [-0.39, 0.29) is 24.1 Å². The second kappa shape index (κ2) is 10.6. The molecule has 0 saturated carbocycles. The summed E-state index contributed by atoms with van der Waals surface area (Å²) in [5, 5.41) is 17.6. The van der Waals surface area contributed by atoms with Gasteiger partial charge in [-0.1, -0.05) is 49.2 Å². The van der Waals surface area contributed by atoms with Crippen LogP contribution in [0, 0.1) is 17.5 Å². The molecule has 0 aliphatic rings. The van der Waals surface area contributed by atoms with Gasteiger partial charge in [0.15, 0.2) is 0 Å². The number of benzene rings is 3. The summed E-state index contributed by atoms with van der Waals surface area (Å²) >= 11 is 0. The van der Waals surface area contributed by atoms with Crippen LogP contribution in [-0.4, -0.2) is 24.0 Å². The van der Waals surface area contributed by atoms with Crippen molar-refractivity contribution in [3.63, 3.8) is 0 Å². The van der Waals surface area contributed by atoms with E-state index in [1.807, 2.05) is 0 Å². The van der Waals surface area contributed by atoms with E-state index in [4.69, 9.17) is 14.7 Å². The highest BCUT2D eigenvalue weighted by molar-refractivity contribution is 6.32. The molecule has 0 radical (unpaired) electrons. The molecule has 3 aromatic carbocycles. The Bertz CT molecular complexity index is 834. The second-order valence-electron chi connectivity index (χ2n) is 7.43. The molecule has 0 fully saturated rings. The first-order chi connectivity index (χ1) is 14.9. The van der Waals surface area contributed by atoms with Crippen LogP contribution in [0.5, 0.6) is 0 Å². The number of halogens is 3. The van der Waals surface area contributed by atoms with Gasteiger partial charge in [-0.05, 0) is 65.9 Å². The van der Waals surface area contributed by atoms with Crippen LogP contribution in [0.3, 0.4) is 0 Å². The molecule has 0 heterocycles. The van der Waals surface area contributed by atoms with Gasteiger partial charge in [0.1, 0.15) is 17.5 Å². The van der Waals surface area contributed by atoms with Crippen molar-refractivity contribution >= 4 is 7.32 Å². The predicted octanol–water partition coefficient (Wildman–Crippen LogP) is 4.98. The summed E-state index contributed by atoms with van der Waals surface area (Å²) in [5.41, 5.74) is 1.70. The Morgan fingerprint density at radius 2 is 1.00 bits per heavy atom. The minimum Gasteiger partial charge on any atom is -0.402 e. The van der Waals surface area contributed by atoms with Crippen LogP contribution >= 0.6 is 0 Å². The zero-order chi connectivity index (χ0) is 22.3. The Morgan fingerprint density at radius 3 is 1.35 bits per heavy atom. The van der Waals surface area contributed by atoms with Crippen molar-refractivity contribution < 1.29 is 27.9 Å². The Kier molecular flexibility index (Phi) is 7.90. The fourth-order valence-electron chi connectivity index (χ4n) is 3.99. The van der Waals surface area contributed by atoms with E-state index in [2.05, 4.69) is 0 Å². The quantitative estimate of drug-likeness (QED) is 0.272. The maximum Gasteiger partial charge on any atom is 0.633 e. The maximum absolute atomic E-state index is 13.7. The van der Waals surface area contributed by atoms with E-state index >= 15 is 0 Å². The average Bonchev–Trinajstić information content (AvgIpc) is 2.75. The minimum atomic E-state index is -1.79. The third-order valence-electron chi connectivity index (χ3n) is 5.47. The van der Waals surface area contributed by atoms with Gasteiger partial charge in [-0.2, -0.15) is 0 Å². The smallest absolute Gasteiger partial charge is 0.402 e. The maximum atomic E-state index is 13.7. The summed E-state index contributed by atoms with van der Waals surface area (Å²) in [7, 11) is -1.79. The van der Waals surface area contributed by atoms with E-state index in [9.17, 15) is 13.2 Å². The van der Waals surface area contributed by atoms with Crippen molar-refractivity contribution in [3.8, 4) is 0 Å². The van der Waals surface area contributed by atoms with Gasteiger partial charge >= 0.3 is 7.32 Å². The molecular weight excluding hydrogens is 404 g/mol. The number of rotatable bonds is 10. The molecule has 0 saturated heterocycles. The molecule has 3 nitrogen and oxygen atoms in total. The normalized spacial score (nSPS) is 11.5. The van der Waals surface area contributed by atoms with Gasteiger partial charge in [0.05, 0.1) is 0 Å². The van der Waals surface area contributed by atoms with Gasteiger partial charge in [0, 0.05) is 12.0 Å². The van der Waals surface area contributed by atoms with Gasteiger partial charge in [-0.25, -0.2) is 13.2 Å². The van der Waals surface area contributed by atoms with Crippen LogP contribution in [-0.2, 0) is 10.1 Å². The Labute approximate surface area is 180 Å². The molecular formula is C24H24BF3O3. The SMILES string of the molecule is OB(O)OCCCCCC(c1ccc(F)cc1)(c1ccc(F)cc1)c1ccc(F)cc1. The van der Waals surface area contributed by atoms with Gasteiger partial charge in [-0.15, -0.1) is 0 Å². The van der Waals surface area contributed by atoms with E-state index < -0.39 is 12.7 Å². The summed E-state index contributed by atoms with van der Waals surface area (Å²) in [5.74, 6) is -1.10.